The van der Waals surface area contributed by atoms with Gasteiger partial charge < -0.3 is 5.32 Å². The van der Waals surface area contributed by atoms with E-state index in [1.54, 1.807) is 0 Å². The molecule has 0 fully saturated rings. The van der Waals surface area contributed by atoms with Gasteiger partial charge in [-0.1, -0.05) is 11.6 Å². The highest BCUT2D eigenvalue weighted by molar-refractivity contribution is 7.19. The van der Waals surface area contributed by atoms with Gasteiger partial charge in [-0.15, -0.1) is 16.4 Å². The molecule has 0 spiro atoms. The van der Waals surface area contributed by atoms with Gasteiger partial charge in [0.05, 0.1) is 9.21 Å². The van der Waals surface area contributed by atoms with Gasteiger partial charge in [0.1, 0.15) is 5.82 Å². The number of anilines is 2. The lowest BCUT2D eigenvalue weighted by atomic mass is 10.2. The number of benzene rings is 1. The molecule has 0 saturated carbocycles. The molecular formula is C18H14ClN7S. The van der Waals surface area contributed by atoms with Crippen molar-refractivity contribution in [1.82, 2.24) is 30.6 Å². The molecule has 1 aliphatic rings. The van der Waals surface area contributed by atoms with E-state index in [4.69, 9.17) is 21.6 Å². The van der Waals surface area contributed by atoms with Crippen molar-refractivity contribution in [2.24, 2.45) is 0 Å². The Kier molecular flexibility index (Phi) is 4.06. The minimum Gasteiger partial charge on any atom is -0.340 e. The van der Waals surface area contributed by atoms with Crippen LogP contribution in [0.5, 0.6) is 0 Å². The largest absolute Gasteiger partial charge is 0.340 e. The lowest BCUT2D eigenvalue weighted by Crippen LogP contribution is -2.03. The molecule has 7 nitrogen and oxygen atoms in total. The van der Waals surface area contributed by atoms with Crippen molar-refractivity contribution in [3.63, 3.8) is 0 Å². The molecule has 4 aromatic rings. The number of fused-ring (bicyclic) bond motifs is 1. The fraction of sp³-hybridized carbons (Fsp3) is 0.167. The molecule has 5 rings (SSSR count). The van der Waals surface area contributed by atoms with E-state index in [9.17, 15) is 0 Å². The third kappa shape index (κ3) is 3.17. The molecule has 0 saturated heterocycles. The first-order chi connectivity index (χ1) is 13.3. The van der Waals surface area contributed by atoms with Crippen LogP contribution in [0.25, 0.3) is 22.1 Å². The average Bonchev–Trinajstić information content (AvgIpc) is 3.43. The van der Waals surface area contributed by atoms with E-state index in [1.807, 2.05) is 36.4 Å². The van der Waals surface area contributed by atoms with Crippen LogP contribution in [0.1, 0.15) is 17.7 Å². The number of aromatic nitrogens is 6. The minimum absolute atomic E-state index is 0.640. The lowest BCUT2D eigenvalue weighted by molar-refractivity contribution is 0.881. The number of tetrazole rings is 1. The molecule has 0 bridgehead atoms. The molecule has 134 valence electrons. The Bertz CT molecular complexity index is 1090. The summed E-state index contributed by atoms with van der Waals surface area (Å²) in [5.41, 5.74) is 4.20. The molecular weight excluding hydrogens is 382 g/mol. The maximum atomic E-state index is 6.09. The second-order valence-electron chi connectivity index (χ2n) is 6.23. The van der Waals surface area contributed by atoms with Crippen LogP contribution in [-0.4, -0.2) is 30.6 Å². The fourth-order valence-electron chi connectivity index (χ4n) is 3.21. The molecule has 0 aliphatic heterocycles. The highest BCUT2D eigenvalue weighted by Crippen LogP contribution is 2.34. The maximum Gasteiger partial charge on any atom is 0.179 e. The fourth-order valence-corrected chi connectivity index (χ4v) is 4.19. The number of hydrogen-bond donors (Lipinski definition) is 2. The zero-order valence-electron chi connectivity index (χ0n) is 14.1. The van der Waals surface area contributed by atoms with Gasteiger partial charge >= 0.3 is 0 Å². The van der Waals surface area contributed by atoms with E-state index in [0.717, 1.165) is 57.1 Å². The van der Waals surface area contributed by atoms with Crippen molar-refractivity contribution in [1.29, 1.82) is 0 Å². The zero-order valence-corrected chi connectivity index (χ0v) is 15.7. The Morgan fingerprint density at radius 2 is 1.93 bits per heavy atom. The van der Waals surface area contributed by atoms with E-state index < -0.39 is 0 Å². The average molecular weight is 396 g/mol. The summed E-state index contributed by atoms with van der Waals surface area (Å²) in [6.07, 6.45) is 3.08. The Balaban J connectivity index is 1.48. The molecule has 27 heavy (non-hydrogen) atoms. The van der Waals surface area contributed by atoms with Gasteiger partial charge in [0, 0.05) is 22.5 Å². The van der Waals surface area contributed by atoms with Crippen LogP contribution in [0.4, 0.5) is 11.5 Å². The van der Waals surface area contributed by atoms with Crippen LogP contribution >= 0.6 is 22.9 Å². The quantitative estimate of drug-likeness (QED) is 0.536. The third-order valence-electron chi connectivity index (χ3n) is 4.49. The number of aromatic amines is 1. The molecule has 0 radical (unpaired) electrons. The molecule has 3 aromatic heterocycles. The molecule has 1 aromatic carbocycles. The topological polar surface area (TPSA) is 92.3 Å². The van der Waals surface area contributed by atoms with Crippen molar-refractivity contribution >= 4 is 34.4 Å². The monoisotopic (exact) mass is 395 g/mol. The standard InChI is InChI=1S/C18H14ClN7S/c19-15-9-8-14(27-15)18-21-13-3-1-2-12(13)17(22-18)20-11-6-4-10(5-7-11)16-23-25-26-24-16/h4-9H,1-3H2,(H,20,21,22)(H,23,24,25,26). The number of rotatable bonds is 4. The Labute approximate surface area is 163 Å². The van der Waals surface area contributed by atoms with Crippen molar-refractivity contribution in [3.8, 4) is 22.1 Å². The van der Waals surface area contributed by atoms with E-state index in [-0.39, 0.29) is 0 Å². The van der Waals surface area contributed by atoms with Gasteiger partial charge in [-0.05, 0) is 66.1 Å². The van der Waals surface area contributed by atoms with Crippen molar-refractivity contribution in [2.45, 2.75) is 19.3 Å². The predicted molar refractivity (Wildman–Crippen MR) is 105 cm³/mol. The highest BCUT2D eigenvalue weighted by atomic mass is 35.5. The van der Waals surface area contributed by atoms with Crippen molar-refractivity contribution in [3.05, 3.63) is 52.0 Å². The Morgan fingerprint density at radius 3 is 2.67 bits per heavy atom. The van der Waals surface area contributed by atoms with Crippen LogP contribution < -0.4 is 5.32 Å². The maximum absolute atomic E-state index is 6.09. The number of nitrogens with one attached hydrogen (secondary N) is 2. The Morgan fingerprint density at radius 1 is 1.04 bits per heavy atom. The lowest BCUT2D eigenvalue weighted by Gasteiger charge is -2.12. The highest BCUT2D eigenvalue weighted by Gasteiger charge is 2.20. The summed E-state index contributed by atoms with van der Waals surface area (Å²) in [7, 11) is 0. The third-order valence-corrected chi connectivity index (χ3v) is 5.72. The zero-order chi connectivity index (χ0) is 18.2. The molecule has 9 heteroatoms. The normalized spacial score (nSPS) is 12.9. The number of halogens is 1. The number of thiophene rings is 1. The van der Waals surface area contributed by atoms with Crippen LogP contribution in [0.2, 0.25) is 4.34 Å². The van der Waals surface area contributed by atoms with Gasteiger partial charge in [-0.25, -0.2) is 15.1 Å². The SMILES string of the molecule is Clc1ccc(-c2nc3c(c(Nc4ccc(-c5nnn[nH]5)cc4)n2)CCC3)s1. The van der Waals surface area contributed by atoms with Crippen molar-refractivity contribution < 1.29 is 0 Å². The Hall–Kier alpha value is -2.84. The molecule has 1 aliphatic carbocycles. The van der Waals surface area contributed by atoms with Crippen molar-refractivity contribution in [2.75, 3.05) is 5.32 Å². The minimum atomic E-state index is 0.640. The summed E-state index contributed by atoms with van der Waals surface area (Å²) in [6, 6.07) is 11.7. The summed E-state index contributed by atoms with van der Waals surface area (Å²) < 4.78 is 0.737. The number of hydrogen-bond acceptors (Lipinski definition) is 7. The van der Waals surface area contributed by atoms with Gasteiger partial charge in [0.15, 0.2) is 11.6 Å². The van der Waals surface area contributed by atoms with E-state index in [0.29, 0.717) is 5.82 Å². The van der Waals surface area contributed by atoms with Crippen LogP contribution in [0.15, 0.2) is 36.4 Å². The van der Waals surface area contributed by atoms with Gasteiger partial charge in [0.2, 0.25) is 0 Å². The van der Waals surface area contributed by atoms with E-state index in [2.05, 4.69) is 25.9 Å². The summed E-state index contributed by atoms with van der Waals surface area (Å²) >= 11 is 7.58. The second kappa shape index (κ2) is 6.71. The summed E-state index contributed by atoms with van der Waals surface area (Å²) in [4.78, 5) is 10.5. The number of nitrogens with zero attached hydrogens (tertiary/aromatic N) is 5. The molecule has 0 unspecified atom stereocenters. The smallest absolute Gasteiger partial charge is 0.179 e. The number of aryl methyl sites for hydroxylation is 1. The van der Waals surface area contributed by atoms with Crippen LogP contribution in [0.3, 0.4) is 0 Å². The van der Waals surface area contributed by atoms with Gasteiger partial charge in [-0.3, -0.25) is 0 Å². The van der Waals surface area contributed by atoms with Crippen LogP contribution in [0, 0.1) is 0 Å². The second-order valence-corrected chi connectivity index (χ2v) is 7.95. The summed E-state index contributed by atoms with van der Waals surface area (Å²) in [5.74, 6) is 2.23. The van der Waals surface area contributed by atoms with Crippen LogP contribution in [-0.2, 0) is 12.8 Å². The molecule has 2 N–H and O–H groups in total. The molecule has 3 heterocycles. The molecule has 0 atom stereocenters. The van der Waals surface area contributed by atoms with E-state index in [1.165, 1.54) is 16.9 Å². The first-order valence-corrected chi connectivity index (χ1v) is 9.72. The first-order valence-electron chi connectivity index (χ1n) is 8.53. The molecule has 0 amide bonds. The first kappa shape index (κ1) is 16.3. The predicted octanol–water partition coefficient (Wildman–Crippen LogP) is 4.27. The summed E-state index contributed by atoms with van der Waals surface area (Å²) in [6.45, 7) is 0. The van der Waals surface area contributed by atoms with E-state index >= 15 is 0 Å². The van der Waals surface area contributed by atoms with Gasteiger partial charge in [0.25, 0.3) is 0 Å². The van der Waals surface area contributed by atoms with Gasteiger partial charge in [-0.2, -0.15) is 0 Å². The summed E-state index contributed by atoms with van der Waals surface area (Å²) in [5, 5.41) is 17.4. The number of H-pyrrole nitrogens is 1.